The van der Waals surface area contributed by atoms with Gasteiger partial charge in [0.15, 0.2) is 5.96 Å². The summed E-state index contributed by atoms with van der Waals surface area (Å²) in [6.07, 6.45) is 9.03. The minimum Gasteiger partial charge on any atom is -0.370 e. The Morgan fingerprint density at radius 2 is 2.28 bits per heavy atom. The van der Waals surface area contributed by atoms with Gasteiger partial charge in [-0.1, -0.05) is 33.1 Å². The molecule has 6 nitrogen and oxygen atoms in total. The van der Waals surface area contributed by atoms with E-state index in [2.05, 4.69) is 36.1 Å². The predicted octanol–water partition coefficient (Wildman–Crippen LogP) is 2.98. The predicted molar refractivity (Wildman–Crippen MR) is 103 cm³/mol. The quantitative estimate of drug-likeness (QED) is 0.579. The molecule has 1 aliphatic heterocycles. The molecule has 2 unspecified atom stereocenters. The molecule has 2 heterocycles. The van der Waals surface area contributed by atoms with Gasteiger partial charge in [-0.15, -0.1) is 0 Å². The van der Waals surface area contributed by atoms with Crippen LogP contribution in [0.1, 0.15) is 58.1 Å². The molecule has 1 N–H and O–H groups in total. The third kappa shape index (κ3) is 6.03. The highest BCUT2D eigenvalue weighted by molar-refractivity contribution is 5.80. The topological polar surface area (TPSA) is 54.7 Å². The van der Waals surface area contributed by atoms with Gasteiger partial charge in [-0.3, -0.25) is 9.67 Å². The molecule has 0 radical (unpaired) electrons. The van der Waals surface area contributed by atoms with Crippen molar-refractivity contribution in [2.75, 3.05) is 32.8 Å². The van der Waals surface area contributed by atoms with Crippen molar-refractivity contribution in [1.29, 1.82) is 0 Å². The third-order valence-corrected chi connectivity index (χ3v) is 4.84. The molecule has 0 aromatic carbocycles. The van der Waals surface area contributed by atoms with Gasteiger partial charge in [0, 0.05) is 38.4 Å². The van der Waals surface area contributed by atoms with Crippen LogP contribution < -0.4 is 5.32 Å². The maximum Gasteiger partial charge on any atom is 0.194 e. The van der Waals surface area contributed by atoms with Crippen LogP contribution in [0.25, 0.3) is 0 Å². The summed E-state index contributed by atoms with van der Waals surface area (Å²) in [5.74, 6) is 1.71. The lowest BCUT2D eigenvalue weighted by Crippen LogP contribution is -2.48. The summed E-state index contributed by atoms with van der Waals surface area (Å²) >= 11 is 0. The minimum absolute atomic E-state index is 0.0633. The number of guanidine groups is 1. The fourth-order valence-corrected chi connectivity index (χ4v) is 3.21. The molecule has 0 amide bonds. The molecule has 0 bridgehead atoms. The van der Waals surface area contributed by atoms with Crippen LogP contribution >= 0.6 is 0 Å². The molecule has 1 aromatic heterocycles. The zero-order chi connectivity index (χ0) is 18.1. The van der Waals surface area contributed by atoms with E-state index in [-0.39, 0.29) is 6.10 Å². The van der Waals surface area contributed by atoms with Gasteiger partial charge in [0.1, 0.15) is 6.10 Å². The van der Waals surface area contributed by atoms with Crippen molar-refractivity contribution in [3.05, 3.63) is 18.0 Å². The van der Waals surface area contributed by atoms with Gasteiger partial charge in [-0.2, -0.15) is 5.10 Å². The second kappa shape index (κ2) is 10.4. The van der Waals surface area contributed by atoms with Crippen molar-refractivity contribution in [1.82, 2.24) is 20.0 Å². The molecule has 0 saturated carbocycles. The summed E-state index contributed by atoms with van der Waals surface area (Å²) in [4.78, 5) is 7.28. The van der Waals surface area contributed by atoms with E-state index >= 15 is 0 Å². The molecule has 2 rings (SSSR count). The Balaban J connectivity index is 2.00. The van der Waals surface area contributed by atoms with Crippen molar-refractivity contribution in [2.24, 2.45) is 18.0 Å². The molecular formula is C19H35N5O. The van der Waals surface area contributed by atoms with Crippen molar-refractivity contribution in [2.45, 2.75) is 52.6 Å². The van der Waals surface area contributed by atoms with Crippen molar-refractivity contribution < 1.29 is 4.74 Å². The Morgan fingerprint density at radius 3 is 2.92 bits per heavy atom. The molecule has 0 spiro atoms. The standard InChI is InChI=1S/C19H35N5O/c1-5-8-9-16(6-2)12-21-19(20-7-3)24-10-11-25-18(15-24)17-13-22-23(4)14-17/h13-14,16,18H,5-12,15H2,1-4H3,(H,20,21). The highest BCUT2D eigenvalue weighted by Gasteiger charge is 2.25. The first-order valence-corrected chi connectivity index (χ1v) is 9.81. The third-order valence-electron chi connectivity index (χ3n) is 4.84. The van der Waals surface area contributed by atoms with Gasteiger partial charge in [-0.25, -0.2) is 0 Å². The number of hydrogen-bond donors (Lipinski definition) is 1. The summed E-state index contributed by atoms with van der Waals surface area (Å²) in [5.41, 5.74) is 1.14. The Hall–Kier alpha value is -1.56. The maximum atomic E-state index is 5.96. The van der Waals surface area contributed by atoms with Crippen LogP contribution in [0.4, 0.5) is 0 Å². The van der Waals surface area contributed by atoms with Crippen LogP contribution in [0, 0.1) is 5.92 Å². The van der Waals surface area contributed by atoms with E-state index in [1.807, 2.05) is 24.1 Å². The van der Waals surface area contributed by atoms with Gasteiger partial charge in [0.2, 0.25) is 0 Å². The van der Waals surface area contributed by atoms with Crippen molar-refractivity contribution in [3.63, 3.8) is 0 Å². The SMILES string of the molecule is CCCCC(CC)CN=C(NCC)N1CCOC(c2cnn(C)c2)C1. The van der Waals surface area contributed by atoms with Crippen molar-refractivity contribution >= 4 is 5.96 Å². The number of hydrogen-bond acceptors (Lipinski definition) is 3. The first kappa shape index (κ1) is 19.8. The number of morpholine rings is 1. The van der Waals surface area contributed by atoms with Crippen LogP contribution in [0.15, 0.2) is 17.4 Å². The van der Waals surface area contributed by atoms with E-state index in [4.69, 9.17) is 9.73 Å². The molecule has 142 valence electrons. The lowest BCUT2D eigenvalue weighted by Gasteiger charge is -2.35. The van der Waals surface area contributed by atoms with E-state index in [1.165, 1.54) is 25.7 Å². The average Bonchev–Trinajstić information content (AvgIpc) is 3.07. The number of rotatable bonds is 8. The molecule has 6 heteroatoms. The summed E-state index contributed by atoms with van der Waals surface area (Å²) in [5, 5.41) is 7.73. The van der Waals surface area contributed by atoms with Gasteiger partial charge in [0.05, 0.1) is 19.3 Å². The zero-order valence-corrected chi connectivity index (χ0v) is 16.4. The van der Waals surface area contributed by atoms with E-state index < -0.39 is 0 Å². The number of nitrogens with one attached hydrogen (secondary N) is 1. The second-order valence-electron chi connectivity index (χ2n) is 6.86. The summed E-state index contributed by atoms with van der Waals surface area (Å²) < 4.78 is 7.79. The molecular weight excluding hydrogens is 314 g/mol. The summed E-state index contributed by atoms with van der Waals surface area (Å²) in [6.45, 7) is 10.9. The van der Waals surface area contributed by atoms with E-state index in [0.717, 1.165) is 44.3 Å². The Kier molecular flexibility index (Phi) is 8.25. The van der Waals surface area contributed by atoms with Crippen LogP contribution in [-0.4, -0.2) is 53.4 Å². The van der Waals surface area contributed by atoms with Crippen molar-refractivity contribution in [3.8, 4) is 0 Å². The maximum absolute atomic E-state index is 5.96. The Bertz CT molecular complexity index is 528. The fourth-order valence-electron chi connectivity index (χ4n) is 3.21. The van der Waals surface area contributed by atoms with E-state index in [1.54, 1.807) is 0 Å². The van der Waals surface area contributed by atoms with Crippen LogP contribution in [-0.2, 0) is 11.8 Å². The number of nitrogens with zero attached hydrogens (tertiary/aromatic N) is 4. The fraction of sp³-hybridized carbons (Fsp3) is 0.789. The molecule has 1 aromatic rings. The first-order valence-electron chi connectivity index (χ1n) is 9.81. The molecule has 25 heavy (non-hydrogen) atoms. The van der Waals surface area contributed by atoms with E-state index in [9.17, 15) is 0 Å². The van der Waals surface area contributed by atoms with Gasteiger partial charge in [0.25, 0.3) is 0 Å². The minimum atomic E-state index is 0.0633. The zero-order valence-electron chi connectivity index (χ0n) is 16.4. The lowest BCUT2D eigenvalue weighted by atomic mass is 10.00. The number of unbranched alkanes of at least 4 members (excludes halogenated alkanes) is 1. The largest absolute Gasteiger partial charge is 0.370 e. The van der Waals surface area contributed by atoms with Gasteiger partial charge in [-0.05, 0) is 19.3 Å². The molecule has 1 fully saturated rings. The van der Waals surface area contributed by atoms with Gasteiger partial charge < -0.3 is 15.0 Å². The normalized spacial score (nSPS) is 19.9. The van der Waals surface area contributed by atoms with Gasteiger partial charge >= 0.3 is 0 Å². The number of aryl methyl sites for hydroxylation is 1. The lowest BCUT2D eigenvalue weighted by molar-refractivity contribution is -0.00806. The van der Waals surface area contributed by atoms with Crippen LogP contribution in [0.3, 0.4) is 0 Å². The molecule has 0 aliphatic carbocycles. The Labute approximate surface area is 152 Å². The molecule has 1 aliphatic rings. The number of aliphatic imine (C=N–C) groups is 1. The summed E-state index contributed by atoms with van der Waals surface area (Å²) in [7, 11) is 1.94. The number of ether oxygens (including phenoxy) is 1. The smallest absolute Gasteiger partial charge is 0.194 e. The number of aromatic nitrogens is 2. The Morgan fingerprint density at radius 1 is 1.44 bits per heavy atom. The van der Waals surface area contributed by atoms with E-state index in [0.29, 0.717) is 5.92 Å². The first-order chi connectivity index (χ1) is 12.2. The summed E-state index contributed by atoms with van der Waals surface area (Å²) in [6, 6.07) is 0. The average molecular weight is 350 g/mol. The van der Waals surface area contributed by atoms with Crippen LogP contribution in [0.5, 0.6) is 0 Å². The van der Waals surface area contributed by atoms with Crippen LogP contribution in [0.2, 0.25) is 0 Å². The second-order valence-corrected chi connectivity index (χ2v) is 6.86. The monoisotopic (exact) mass is 349 g/mol. The molecule has 1 saturated heterocycles. The molecule has 2 atom stereocenters. The highest BCUT2D eigenvalue weighted by atomic mass is 16.5. The highest BCUT2D eigenvalue weighted by Crippen LogP contribution is 2.22.